The fourth-order valence-corrected chi connectivity index (χ4v) is 4.28. The maximum Gasteiger partial charge on any atom is 0.0619 e. The Kier molecular flexibility index (Phi) is 4.25. The first-order valence-corrected chi connectivity index (χ1v) is 10.0. The second-order valence-electron chi connectivity index (χ2n) is 7.20. The Bertz CT molecular complexity index is 1390. The van der Waals surface area contributed by atoms with Crippen LogP contribution in [0.25, 0.3) is 50.4 Å². The fraction of sp³-hybridized carbons (Fsp3) is 0.0741. The first-order chi connectivity index (χ1) is 14.3. The third kappa shape index (κ3) is 2.68. The van der Waals surface area contributed by atoms with Crippen molar-refractivity contribution in [1.29, 1.82) is 0 Å². The van der Waals surface area contributed by atoms with Crippen LogP contribution in [0.1, 0.15) is 24.5 Å². The zero-order valence-electron chi connectivity index (χ0n) is 16.5. The minimum atomic E-state index is 1.01. The van der Waals surface area contributed by atoms with Gasteiger partial charge >= 0.3 is 0 Å². The molecule has 3 aromatic carbocycles. The lowest BCUT2D eigenvalue weighted by atomic mass is 9.98. The molecule has 29 heavy (non-hydrogen) atoms. The van der Waals surface area contributed by atoms with Gasteiger partial charge in [-0.1, -0.05) is 74.2 Å². The Morgan fingerprint density at radius 3 is 2.55 bits per heavy atom. The van der Waals surface area contributed by atoms with Gasteiger partial charge < -0.3 is 4.57 Å². The highest BCUT2D eigenvalue weighted by molar-refractivity contribution is 6.21. The molecule has 0 saturated heterocycles. The summed E-state index contributed by atoms with van der Waals surface area (Å²) in [6.07, 6.45) is 11.1. The highest BCUT2D eigenvalue weighted by Gasteiger charge is 2.17. The van der Waals surface area contributed by atoms with Gasteiger partial charge in [-0.3, -0.25) is 4.98 Å². The summed E-state index contributed by atoms with van der Waals surface area (Å²) in [6, 6.07) is 21.6. The number of allylic oxidation sites excluding steroid dienone is 1. The van der Waals surface area contributed by atoms with Gasteiger partial charge in [-0.2, -0.15) is 0 Å². The molecule has 2 heterocycles. The van der Waals surface area contributed by atoms with Crippen LogP contribution in [-0.4, -0.2) is 9.55 Å². The van der Waals surface area contributed by atoms with Crippen molar-refractivity contribution in [2.45, 2.75) is 13.3 Å². The molecule has 0 aliphatic rings. The lowest BCUT2D eigenvalue weighted by molar-refractivity contribution is 1.16. The van der Waals surface area contributed by atoms with E-state index in [2.05, 4.69) is 95.9 Å². The molecule has 0 unspecified atom stereocenters. The molecule has 140 valence electrons. The van der Waals surface area contributed by atoms with Crippen LogP contribution in [0.15, 0.2) is 85.7 Å². The summed E-state index contributed by atoms with van der Waals surface area (Å²) in [5.41, 5.74) is 5.91. The van der Waals surface area contributed by atoms with E-state index in [0.29, 0.717) is 0 Å². The summed E-state index contributed by atoms with van der Waals surface area (Å²) in [7, 11) is 0. The molecule has 5 rings (SSSR count). The molecule has 0 atom stereocenters. The monoisotopic (exact) mass is 374 g/mol. The van der Waals surface area contributed by atoms with E-state index < -0.39 is 0 Å². The molecular weight excluding hydrogens is 352 g/mol. The number of benzene rings is 3. The standard InChI is InChI=1S/C27H22N2/c1-3-5-8-19-12-14-25-26(22(19)4-2)24-13-11-20-9-6-7-10-23(20)27(24)29(25)21-15-17-28-18-16-21/h4-18H,2-3H2,1H3/b8-5-. The summed E-state index contributed by atoms with van der Waals surface area (Å²) in [5, 5.41) is 4.98. The second kappa shape index (κ2) is 7.06. The van der Waals surface area contributed by atoms with Crippen LogP contribution in [0.4, 0.5) is 0 Å². The first kappa shape index (κ1) is 17.4. The molecule has 0 amide bonds. The number of pyridine rings is 1. The molecule has 2 heteroatoms. The molecule has 0 radical (unpaired) electrons. The van der Waals surface area contributed by atoms with Crippen LogP contribution in [0.3, 0.4) is 0 Å². The van der Waals surface area contributed by atoms with Gasteiger partial charge in [0.05, 0.1) is 11.0 Å². The lowest BCUT2D eigenvalue weighted by Crippen LogP contribution is -1.95. The van der Waals surface area contributed by atoms with Crippen LogP contribution in [0.5, 0.6) is 0 Å². The number of hydrogen-bond acceptors (Lipinski definition) is 1. The van der Waals surface area contributed by atoms with Crippen LogP contribution in [0, 0.1) is 0 Å². The Labute approximate surface area is 170 Å². The van der Waals surface area contributed by atoms with Crippen LogP contribution >= 0.6 is 0 Å². The van der Waals surface area contributed by atoms with Crippen molar-refractivity contribution >= 4 is 44.7 Å². The molecule has 0 N–H and O–H groups in total. The van der Waals surface area contributed by atoms with E-state index in [1.54, 1.807) is 0 Å². The third-order valence-corrected chi connectivity index (χ3v) is 5.55. The summed E-state index contributed by atoms with van der Waals surface area (Å²) in [6.45, 7) is 6.30. The topological polar surface area (TPSA) is 17.8 Å². The number of rotatable bonds is 4. The maximum atomic E-state index is 4.22. The molecule has 0 spiro atoms. The van der Waals surface area contributed by atoms with E-state index in [0.717, 1.165) is 12.1 Å². The predicted octanol–water partition coefficient (Wildman–Crippen LogP) is 7.40. The number of nitrogens with zero attached hydrogens (tertiary/aromatic N) is 2. The zero-order valence-corrected chi connectivity index (χ0v) is 16.5. The molecule has 0 bridgehead atoms. The van der Waals surface area contributed by atoms with Gasteiger partial charge in [0.25, 0.3) is 0 Å². The van der Waals surface area contributed by atoms with Gasteiger partial charge in [0.2, 0.25) is 0 Å². The molecule has 0 aliphatic carbocycles. The SMILES string of the molecule is C=Cc1c(/C=C\CC)ccc2c1c1ccc3ccccc3c1n2-c1ccncc1. The van der Waals surface area contributed by atoms with Crippen molar-refractivity contribution in [3.05, 3.63) is 96.8 Å². The highest BCUT2D eigenvalue weighted by atomic mass is 15.0. The van der Waals surface area contributed by atoms with Crippen molar-refractivity contribution in [3.8, 4) is 5.69 Å². The Balaban J connectivity index is 2.03. The van der Waals surface area contributed by atoms with Crippen molar-refractivity contribution in [1.82, 2.24) is 9.55 Å². The van der Waals surface area contributed by atoms with Gasteiger partial charge in [0.1, 0.15) is 0 Å². The minimum absolute atomic E-state index is 1.01. The molecular formula is C27H22N2. The van der Waals surface area contributed by atoms with E-state index in [-0.39, 0.29) is 0 Å². The quantitative estimate of drug-likeness (QED) is 0.320. The Morgan fingerprint density at radius 1 is 0.931 bits per heavy atom. The van der Waals surface area contributed by atoms with E-state index in [1.165, 1.54) is 43.7 Å². The number of hydrogen-bond donors (Lipinski definition) is 0. The van der Waals surface area contributed by atoms with Crippen LogP contribution in [-0.2, 0) is 0 Å². The Morgan fingerprint density at radius 2 is 1.76 bits per heavy atom. The highest BCUT2D eigenvalue weighted by Crippen LogP contribution is 2.39. The van der Waals surface area contributed by atoms with Crippen LogP contribution < -0.4 is 0 Å². The molecule has 0 saturated carbocycles. The summed E-state index contributed by atoms with van der Waals surface area (Å²) >= 11 is 0. The van der Waals surface area contributed by atoms with Gasteiger partial charge in [-0.15, -0.1) is 0 Å². The average Bonchev–Trinajstić information content (AvgIpc) is 3.13. The number of aromatic nitrogens is 2. The molecule has 5 aromatic rings. The van der Waals surface area contributed by atoms with E-state index in [1.807, 2.05) is 18.5 Å². The van der Waals surface area contributed by atoms with Crippen molar-refractivity contribution in [2.24, 2.45) is 0 Å². The second-order valence-corrected chi connectivity index (χ2v) is 7.20. The predicted molar refractivity (Wildman–Crippen MR) is 125 cm³/mol. The largest absolute Gasteiger partial charge is 0.308 e. The molecule has 0 aliphatic heterocycles. The summed E-state index contributed by atoms with van der Waals surface area (Å²) < 4.78 is 2.36. The first-order valence-electron chi connectivity index (χ1n) is 10.0. The summed E-state index contributed by atoms with van der Waals surface area (Å²) in [4.78, 5) is 4.22. The third-order valence-electron chi connectivity index (χ3n) is 5.55. The zero-order chi connectivity index (χ0) is 19.8. The number of fused-ring (bicyclic) bond motifs is 5. The average molecular weight is 374 g/mol. The molecule has 2 aromatic heterocycles. The Hall–Kier alpha value is -3.65. The van der Waals surface area contributed by atoms with E-state index in [4.69, 9.17) is 0 Å². The molecule has 0 fully saturated rings. The smallest absolute Gasteiger partial charge is 0.0619 e. The van der Waals surface area contributed by atoms with Gasteiger partial charge in [-0.05, 0) is 41.1 Å². The van der Waals surface area contributed by atoms with Gasteiger partial charge in [0.15, 0.2) is 0 Å². The van der Waals surface area contributed by atoms with Gasteiger partial charge in [0, 0.05) is 34.2 Å². The minimum Gasteiger partial charge on any atom is -0.308 e. The van der Waals surface area contributed by atoms with Crippen LogP contribution in [0.2, 0.25) is 0 Å². The molecule has 2 nitrogen and oxygen atoms in total. The fourth-order valence-electron chi connectivity index (χ4n) is 4.28. The van der Waals surface area contributed by atoms with E-state index >= 15 is 0 Å². The van der Waals surface area contributed by atoms with Gasteiger partial charge in [-0.25, -0.2) is 0 Å². The van der Waals surface area contributed by atoms with Crippen molar-refractivity contribution in [3.63, 3.8) is 0 Å². The maximum absolute atomic E-state index is 4.22. The van der Waals surface area contributed by atoms with E-state index in [9.17, 15) is 0 Å². The van der Waals surface area contributed by atoms with Crippen molar-refractivity contribution < 1.29 is 0 Å². The summed E-state index contributed by atoms with van der Waals surface area (Å²) in [5.74, 6) is 0. The lowest BCUT2D eigenvalue weighted by Gasteiger charge is -2.10. The van der Waals surface area contributed by atoms with Crippen molar-refractivity contribution in [2.75, 3.05) is 0 Å². The normalized spacial score (nSPS) is 11.8.